The minimum Gasteiger partial charge on any atom is -0.448 e. The van der Waals surface area contributed by atoms with Crippen molar-refractivity contribution >= 4 is 22.2 Å². The van der Waals surface area contributed by atoms with Crippen molar-refractivity contribution in [1.82, 2.24) is 14.8 Å². The van der Waals surface area contributed by atoms with Crippen LogP contribution in [0.5, 0.6) is 0 Å². The van der Waals surface area contributed by atoms with E-state index < -0.39 is 0 Å². The molecule has 0 amide bonds. The van der Waals surface area contributed by atoms with Crippen LogP contribution < -0.4 is 0 Å². The Morgan fingerprint density at radius 1 is 1.21 bits per heavy atom. The molecule has 3 heterocycles. The number of carbonyl (C=O) groups excluding carboxylic acids is 1. The van der Waals surface area contributed by atoms with Gasteiger partial charge in [-0.2, -0.15) is 5.10 Å². The van der Waals surface area contributed by atoms with Crippen LogP contribution in [0.15, 0.2) is 51.9 Å². The van der Waals surface area contributed by atoms with Gasteiger partial charge in [-0.1, -0.05) is 0 Å². The lowest BCUT2D eigenvalue weighted by atomic mass is 10.2. The van der Waals surface area contributed by atoms with E-state index in [2.05, 4.69) is 26.0 Å². The normalized spacial score (nSPS) is 10.6. The topological polar surface area (TPSA) is 60.9 Å². The van der Waals surface area contributed by atoms with E-state index >= 15 is 0 Å². The van der Waals surface area contributed by atoms with Gasteiger partial charge in [-0.05, 0) is 40.2 Å². The Hall–Kier alpha value is -2.21. The molecule has 94 valence electrons. The van der Waals surface area contributed by atoms with Crippen molar-refractivity contribution in [2.75, 3.05) is 0 Å². The maximum Gasteiger partial charge on any atom is 0.169 e. The highest BCUT2D eigenvalue weighted by atomic mass is 79.9. The number of halogens is 1. The molecule has 0 aliphatic heterocycles. The first-order chi connectivity index (χ1) is 9.28. The molecule has 5 nitrogen and oxygen atoms in total. The Morgan fingerprint density at radius 3 is 2.63 bits per heavy atom. The SMILES string of the molecule is O=Cc1cn(-c2ccncc2)nc1-c1ccc(Br)o1. The quantitative estimate of drug-likeness (QED) is 0.696. The van der Waals surface area contributed by atoms with Crippen molar-refractivity contribution in [3.05, 3.63) is 53.1 Å². The van der Waals surface area contributed by atoms with E-state index in [0.717, 1.165) is 12.0 Å². The molecule has 0 spiro atoms. The van der Waals surface area contributed by atoms with Gasteiger partial charge in [0.1, 0.15) is 5.69 Å². The number of pyridine rings is 1. The molecule has 3 rings (SSSR count). The highest BCUT2D eigenvalue weighted by Gasteiger charge is 2.14. The summed E-state index contributed by atoms with van der Waals surface area (Å²) in [6.45, 7) is 0. The zero-order chi connectivity index (χ0) is 13.2. The van der Waals surface area contributed by atoms with Gasteiger partial charge in [0, 0.05) is 18.6 Å². The molecule has 0 saturated heterocycles. The Bertz CT molecular complexity index is 719. The number of hydrogen-bond donors (Lipinski definition) is 0. The number of rotatable bonds is 3. The fraction of sp³-hybridized carbons (Fsp3) is 0. The second-order valence-electron chi connectivity index (χ2n) is 3.80. The van der Waals surface area contributed by atoms with Gasteiger partial charge >= 0.3 is 0 Å². The smallest absolute Gasteiger partial charge is 0.169 e. The molecular weight excluding hydrogens is 310 g/mol. The van der Waals surface area contributed by atoms with E-state index in [0.29, 0.717) is 21.7 Å². The first-order valence-electron chi connectivity index (χ1n) is 5.49. The summed E-state index contributed by atoms with van der Waals surface area (Å²) in [7, 11) is 0. The van der Waals surface area contributed by atoms with Crippen LogP contribution in [-0.2, 0) is 0 Å². The van der Waals surface area contributed by atoms with Gasteiger partial charge < -0.3 is 4.42 Å². The largest absolute Gasteiger partial charge is 0.448 e. The molecule has 3 aromatic rings. The minimum absolute atomic E-state index is 0.471. The maximum absolute atomic E-state index is 11.1. The summed E-state index contributed by atoms with van der Waals surface area (Å²) in [5.74, 6) is 0.543. The van der Waals surface area contributed by atoms with Crippen molar-refractivity contribution in [2.24, 2.45) is 0 Å². The molecular formula is C13H8BrN3O2. The molecule has 0 aliphatic carbocycles. The second kappa shape index (κ2) is 4.81. The van der Waals surface area contributed by atoms with E-state index in [1.165, 1.54) is 0 Å². The molecule has 0 N–H and O–H groups in total. The fourth-order valence-electron chi connectivity index (χ4n) is 1.74. The Labute approximate surface area is 117 Å². The highest BCUT2D eigenvalue weighted by molar-refractivity contribution is 9.10. The van der Waals surface area contributed by atoms with Crippen LogP contribution in [0.2, 0.25) is 0 Å². The average Bonchev–Trinajstić information content (AvgIpc) is 3.05. The van der Waals surface area contributed by atoms with Crippen LogP contribution in [0, 0.1) is 0 Å². The standard InChI is InChI=1S/C13H8BrN3O2/c14-12-2-1-11(19-12)13-9(8-18)7-17(16-13)10-3-5-15-6-4-10/h1-8H. The van der Waals surface area contributed by atoms with Gasteiger partial charge in [0.25, 0.3) is 0 Å². The van der Waals surface area contributed by atoms with Gasteiger partial charge in [0.15, 0.2) is 16.7 Å². The molecule has 0 aliphatic rings. The maximum atomic E-state index is 11.1. The molecule has 0 unspecified atom stereocenters. The predicted molar refractivity (Wildman–Crippen MR) is 72.1 cm³/mol. The summed E-state index contributed by atoms with van der Waals surface area (Å²) in [6, 6.07) is 7.14. The zero-order valence-electron chi connectivity index (χ0n) is 9.65. The minimum atomic E-state index is 0.471. The highest BCUT2D eigenvalue weighted by Crippen LogP contribution is 2.26. The monoisotopic (exact) mass is 317 g/mol. The van der Waals surface area contributed by atoms with Gasteiger partial charge in [-0.3, -0.25) is 9.78 Å². The lowest BCUT2D eigenvalue weighted by Crippen LogP contribution is -1.94. The van der Waals surface area contributed by atoms with E-state index in [-0.39, 0.29) is 0 Å². The van der Waals surface area contributed by atoms with Crippen molar-refractivity contribution < 1.29 is 9.21 Å². The number of furan rings is 1. The molecule has 19 heavy (non-hydrogen) atoms. The zero-order valence-corrected chi connectivity index (χ0v) is 11.2. The molecule has 0 saturated carbocycles. The third-order valence-corrected chi connectivity index (χ3v) is 3.03. The molecule has 0 aromatic carbocycles. The third-order valence-electron chi connectivity index (χ3n) is 2.60. The summed E-state index contributed by atoms with van der Waals surface area (Å²) in [4.78, 5) is 15.1. The Morgan fingerprint density at radius 2 is 2.00 bits per heavy atom. The van der Waals surface area contributed by atoms with Crippen molar-refractivity contribution in [2.45, 2.75) is 0 Å². The van der Waals surface area contributed by atoms with Crippen LogP contribution in [0.3, 0.4) is 0 Å². The number of hydrogen-bond acceptors (Lipinski definition) is 4. The van der Waals surface area contributed by atoms with Crippen LogP contribution in [-0.4, -0.2) is 21.1 Å². The summed E-state index contributed by atoms with van der Waals surface area (Å²) < 4.78 is 7.65. The first kappa shape index (κ1) is 11.9. The van der Waals surface area contributed by atoms with Gasteiger partial charge in [0.2, 0.25) is 0 Å². The summed E-state index contributed by atoms with van der Waals surface area (Å²) in [6.07, 6.45) is 5.76. The first-order valence-corrected chi connectivity index (χ1v) is 6.28. The number of carbonyl (C=O) groups is 1. The summed E-state index contributed by atoms with van der Waals surface area (Å²) in [5.41, 5.74) is 1.81. The molecule has 0 fully saturated rings. The molecule has 0 atom stereocenters. The Kier molecular flexibility index (Phi) is 3.00. The van der Waals surface area contributed by atoms with Crippen LogP contribution in [0.1, 0.15) is 10.4 Å². The number of aldehydes is 1. The molecule has 0 bridgehead atoms. The van der Waals surface area contributed by atoms with Gasteiger partial charge in [0.05, 0.1) is 11.3 Å². The lowest BCUT2D eigenvalue weighted by Gasteiger charge is -1.98. The third kappa shape index (κ3) is 2.22. The van der Waals surface area contributed by atoms with E-state index in [1.54, 1.807) is 35.4 Å². The molecule has 0 radical (unpaired) electrons. The van der Waals surface area contributed by atoms with Crippen LogP contribution in [0.4, 0.5) is 0 Å². The van der Waals surface area contributed by atoms with Gasteiger partial charge in [-0.15, -0.1) is 0 Å². The number of aromatic nitrogens is 3. The fourth-order valence-corrected chi connectivity index (χ4v) is 2.04. The predicted octanol–water partition coefficient (Wildman–Crippen LogP) is 3.10. The molecule has 3 aromatic heterocycles. The van der Waals surface area contributed by atoms with Crippen LogP contribution in [0.25, 0.3) is 17.1 Å². The van der Waals surface area contributed by atoms with Crippen molar-refractivity contribution in [1.29, 1.82) is 0 Å². The number of nitrogens with zero attached hydrogens (tertiary/aromatic N) is 3. The second-order valence-corrected chi connectivity index (χ2v) is 4.59. The van der Waals surface area contributed by atoms with E-state index in [9.17, 15) is 4.79 Å². The van der Waals surface area contributed by atoms with E-state index in [4.69, 9.17) is 4.42 Å². The van der Waals surface area contributed by atoms with Gasteiger partial charge in [-0.25, -0.2) is 4.68 Å². The average molecular weight is 318 g/mol. The van der Waals surface area contributed by atoms with E-state index in [1.807, 2.05) is 12.1 Å². The van der Waals surface area contributed by atoms with Crippen molar-refractivity contribution in [3.63, 3.8) is 0 Å². The summed E-state index contributed by atoms with van der Waals surface area (Å²) >= 11 is 3.23. The molecule has 6 heteroatoms. The lowest BCUT2D eigenvalue weighted by molar-refractivity contribution is 0.112. The van der Waals surface area contributed by atoms with Crippen molar-refractivity contribution in [3.8, 4) is 17.1 Å². The van der Waals surface area contributed by atoms with Crippen LogP contribution >= 0.6 is 15.9 Å². The summed E-state index contributed by atoms with van der Waals surface area (Å²) in [5, 5.41) is 4.38. The Balaban J connectivity index is 2.11.